The topological polar surface area (TPSA) is 93.1 Å². The number of nitrogens with one attached hydrogen (secondary N) is 1. The Morgan fingerprint density at radius 1 is 1.10 bits per heavy atom. The highest BCUT2D eigenvalue weighted by molar-refractivity contribution is 5.95. The van der Waals surface area contributed by atoms with Crippen LogP contribution in [0.4, 0.5) is 0 Å². The van der Waals surface area contributed by atoms with Crippen LogP contribution in [0.1, 0.15) is 28.8 Å². The van der Waals surface area contributed by atoms with Crippen LogP contribution in [0, 0.1) is 5.92 Å². The van der Waals surface area contributed by atoms with Gasteiger partial charge in [-0.25, -0.2) is 5.43 Å². The van der Waals surface area contributed by atoms with Crippen LogP contribution in [-0.4, -0.2) is 55.2 Å². The van der Waals surface area contributed by atoms with E-state index in [-0.39, 0.29) is 17.7 Å². The number of methoxy groups -OCH3 is 2. The summed E-state index contributed by atoms with van der Waals surface area (Å²) in [5.41, 5.74) is 3.97. The standard InChI is InChI=1S/C21H24N4O4/c1-28-18-4-3-17(13-19(18)29-2)21(27)25-11-7-16(8-12-25)20(26)24-23-14-15-5-9-22-10-6-15/h3-6,9-10,13-14,16H,7-8,11-12H2,1-2H3,(H,24,26)/b23-14-. The molecule has 152 valence electrons. The predicted octanol–water partition coefficient (Wildman–Crippen LogP) is 2.10. The maximum Gasteiger partial charge on any atom is 0.253 e. The van der Waals surface area contributed by atoms with E-state index in [2.05, 4.69) is 15.5 Å². The molecule has 0 atom stereocenters. The lowest BCUT2D eigenvalue weighted by atomic mass is 9.95. The summed E-state index contributed by atoms with van der Waals surface area (Å²) in [5.74, 6) is 0.708. The van der Waals surface area contributed by atoms with Crippen molar-refractivity contribution in [2.75, 3.05) is 27.3 Å². The summed E-state index contributed by atoms with van der Waals surface area (Å²) in [7, 11) is 3.09. The van der Waals surface area contributed by atoms with E-state index in [1.165, 1.54) is 7.11 Å². The number of benzene rings is 1. The Hall–Kier alpha value is -3.42. The summed E-state index contributed by atoms with van der Waals surface area (Å²) in [6.45, 7) is 1.03. The molecule has 0 aliphatic carbocycles. The third-order valence-corrected chi connectivity index (χ3v) is 4.88. The summed E-state index contributed by atoms with van der Waals surface area (Å²) in [6.07, 6.45) is 6.09. The molecule has 0 spiro atoms. The van der Waals surface area contributed by atoms with Gasteiger partial charge < -0.3 is 14.4 Å². The van der Waals surface area contributed by atoms with Crippen molar-refractivity contribution in [3.8, 4) is 11.5 Å². The molecule has 2 aromatic rings. The zero-order chi connectivity index (χ0) is 20.6. The summed E-state index contributed by atoms with van der Waals surface area (Å²) in [4.78, 5) is 30.8. The van der Waals surface area contributed by atoms with Crippen LogP contribution in [0.2, 0.25) is 0 Å². The van der Waals surface area contributed by atoms with Crippen LogP contribution >= 0.6 is 0 Å². The van der Waals surface area contributed by atoms with E-state index in [4.69, 9.17) is 9.47 Å². The number of rotatable bonds is 6. The zero-order valence-electron chi connectivity index (χ0n) is 16.5. The Morgan fingerprint density at radius 2 is 1.79 bits per heavy atom. The number of carbonyl (C=O) groups excluding carboxylic acids is 2. The number of carbonyl (C=O) groups is 2. The molecule has 0 saturated carbocycles. The van der Waals surface area contributed by atoms with Crippen LogP contribution in [-0.2, 0) is 4.79 Å². The lowest BCUT2D eigenvalue weighted by Gasteiger charge is -2.31. The van der Waals surface area contributed by atoms with Crippen LogP contribution in [0.5, 0.6) is 11.5 Å². The minimum absolute atomic E-state index is 0.0829. The van der Waals surface area contributed by atoms with Crippen LogP contribution in [0.15, 0.2) is 47.8 Å². The smallest absolute Gasteiger partial charge is 0.253 e. The number of piperidine rings is 1. The number of pyridine rings is 1. The van der Waals surface area contributed by atoms with Gasteiger partial charge in [0.1, 0.15) is 0 Å². The van der Waals surface area contributed by atoms with Crippen molar-refractivity contribution in [1.29, 1.82) is 0 Å². The first-order valence-corrected chi connectivity index (χ1v) is 9.36. The van der Waals surface area contributed by atoms with Crippen molar-refractivity contribution in [3.63, 3.8) is 0 Å². The van der Waals surface area contributed by atoms with E-state index in [1.807, 2.05) is 0 Å². The van der Waals surface area contributed by atoms with Gasteiger partial charge in [-0.3, -0.25) is 14.6 Å². The van der Waals surface area contributed by atoms with Gasteiger partial charge in [-0.1, -0.05) is 0 Å². The molecular weight excluding hydrogens is 372 g/mol. The number of ether oxygens (including phenoxy) is 2. The molecule has 1 N–H and O–H groups in total. The van der Waals surface area contributed by atoms with Crippen molar-refractivity contribution in [1.82, 2.24) is 15.3 Å². The monoisotopic (exact) mass is 396 g/mol. The van der Waals surface area contributed by atoms with Gasteiger partial charge in [0.15, 0.2) is 11.5 Å². The van der Waals surface area contributed by atoms with E-state index < -0.39 is 0 Å². The van der Waals surface area contributed by atoms with Gasteiger partial charge in [0, 0.05) is 37.0 Å². The first-order chi connectivity index (χ1) is 14.1. The Morgan fingerprint density at radius 3 is 2.45 bits per heavy atom. The lowest BCUT2D eigenvalue weighted by molar-refractivity contribution is -0.126. The molecule has 1 saturated heterocycles. The molecule has 8 nitrogen and oxygen atoms in total. The third kappa shape index (κ3) is 5.10. The molecule has 1 aromatic heterocycles. The normalized spacial score (nSPS) is 14.6. The largest absolute Gasteiger partial charge is 0.493 e. The second kappa shape index (κ2) is 9.68. The van der Waals surface area contributed by atoms with Crippen molar-refractivity contribution in [2.24, 2.45) is 11.0 Å². The van der Waals surface area contributed by atoms with Gasteiger partial charge in [0.2, 0.25) is 5.91 Å². The van der Waals surface area contributed by atoms with Crippen molar-refractivity contribution < 1.29 is 19.1 Å². The Kier molecular flexibility index (Phi) is 6.78. The Balaban J connectivity index is 1.52. The summed E-state index contributed by atoms with van der Waals surface area (Å²) in [5, 5.41) is 4.00. The summed E-state index contributed by atoms with van der Waals surface area (Å²) < 4.78 is 10.5. The molecule has 0 radical (unpaired) electrons. The molecule has 1 aliphatic rings. The minimum Gasteiger partial charge on any atom is -0.493 e. The number of nitrogens with zero attached hydrogens (tertiary/aromatic N) is 3. The maximum absolute atomic E-state index is 12.8. The summed E-state index contributed by atoms with van der Waals surface area (Å²) in [6, 6.07) is 8.71. The van der Waals surface area contributed by atoms with E-state index in [0.29, 0.717) is 43.0 Å². The first-order valence-electron chi connectivity index (χ1n) is 9.36. The average Bonchev–Trinajstić information content (AvgIpc) is 2.78. The highest BCUT2D eigenvalue weighted by Gasteiger charge is 2.28. The van der Waals surface area contributed by atoms with Gasteiger partial charge in [0.05, 0.1) is 20.4 Å². The quantitative estimate of drug-likeness (QED) is 0.596. The molecule has 2 heterocycles. The molecule has 8 heteroatoms. The molecule has 0 bridgehead atoms. The molecule has 29 heavy (non-hydrogen) atoms. The van der Waals surface area contributed by atoms with Gasteiger partial charge in [0.25, 0.3) is 5.91 Å². The van der Waals surface area contributed by atoms with Crippen LogP contribution in [0.25, 0.3) is 0 Å². The van der Waals surface area contributed by atoms with E-state index in [9.17, 15) is 9.59 Å². The molecule has 1 fully saturated rings. The van der Waals surface area contributed by atoms with Crippen molar-refractivity contribution in [3.05, 3.63) is 53.9 Å². The number of hydrazone groups is 1. The van der Waals surface area contributed by atoms with E-state index in [1.54, 1.807) is 60.9 Å². The molecule has 1 aromatic carbocycles. The zero-order valence-corrected chi connectivity index (χ0v) is 16.5. The van der Waals surface area contributed by atoms with Gasteiger partial charge in [-0.15, -0.1) is 0 Å². The lowest BCUT2D eigenvalue weighted by Crippen LogP contribution is -2.42. The fourth-order valence-corrected chi connectivity index (χ4v) is 3.21. The fraction of sp³-hybridized carbons (Fsp3) is 0.333. The maximum atomic E-state index is 12.8. The predicted molar refractivity (Wildman–Crippen MR) is 108 cm³/mol. The Bertz CT molecular complexity index is 878. The molecule has 1 aliphatic heterocycles. The molecule has 0 unspecified atom stereocenters. The van der Waals surface area contributed by atoms with Gasteiger partial charge >= 0.3 is 0 Å². The number of likely N-dealkylation sites (tertiary alicyclic amines) is 1. The SMILES string of the molecule is COc1ccc(C(=O)N2CCC(C(=O)N/N=C\c3ccncc3)CC2)cc1OC. The third-order valence-electron chi connectivity index (χ3n) is 4.88. The number of amides is 2. The first kappa shape index (κ1) is 20.3. The average molecular weight is 396 g/mol. The molecule has 2 amide bonds. The van der Waals surface area contributed by atoms with Crippen LogP contribution < -0.4 is 14.9 Å². The molecule has 3 rings (SSSR count). The highest BCUT2D eigenvalue weighted by Crippen LogP contribution is 2.28. The second-order valence-corrected chi connectivity index (χ2v) is 6.65. The fourth-order valence-electron chi connectivity index (χ4n) is 3.21. The number of aromatic nitrogens is 1. The van der Waals surface area contributed by atoms with Crippen LogP contribution in [0.3, 0.4) is 0 Å². The minimum atomic E-state index is -0.168. The number of hydrogen-bond acceptors (Lipinski definition) is 6. The second-order valence-electron chi connectivity index (χ2n) is 6.65. The van der Waals surface area contributed by atoms with Crippen molar-refractivity contribution >= 4 is 18.0 Å². The summed E-state index contributed by atoms with van der Waals surface area (Å²) >= 11 is 0. The Labute approximate surface area is 169 Å². The van der Waals surface area contributed by atoms with Gasteiger partial charge in [-0.05, 0) is 48.7 Å². The van der Waals surface area contributed by atoms with E-state index in [0.717, 1.165) is 5.56 Å². The highest BCUT2D eigenvalue weighted by atomic mass is 16.5. The number of hydrogen-bond donors (Lipinski definition) is 1. The van der Waals surface area contributed by atoms with Gasteiger partial charge in [-0.2, -0.15) is 5.10 Å². The molecular formula is C21H24N4O4. The van der Waals surface area contributed by atoms with Crippen molar-refractivity contribution in [2.45, 2.75) is 12.8 Å². The van der Waals surface area contributed by atoms with E-state index >= 15 is 0 Å².